The SMILES string of the molecule is COc1ccc(N(CC(=O)N(CCc2ccccc2)[C@H](C)C(=O)NC2CCCC2)S(=O)(=O)c2ccc(C)c([N+](=O)[O-])c2)cc1. The summed E-state index contributed by atoms with van der Waals surface area (Å²) < 4.78 is 34.3. The molecule has 1 atom stereocenters. The van der Waals surface area contributed by atoms with E-state index < -0.39 is 33.4 Å². The Morgan fingerprint density at radius 3 is 2.32 bits per heavy atom. The highest BCUT2D eigenvalue weighted by atomic mass is 32.2. The van der Waals surface area contributed by atoms with Gasteiger partial charge in [-0.05, 0) is 69.0 Å². The number of nitrogens with zero attached hydrogens (tertiary/aromatic N) is 3. The molecule has 0 unspecified atom stereocenters. The molecular weight excluding hydrogens is 584 g/mol. The summed E-state index contributed by atoms with van der Waals surface area (Å²) in [5.74, 6) is -0.410. The van der Waals surface area contributed by atoms with Gasteiger partial charge in [-0.1, -0.05) is 49.2 Å². The number of nitro benzene ring substituents is 1. The molecule has 1 N–H and O–H groups in total. The zero-order chi connectivity index (χ0) is 31.9. The van der Waals surface area contributed by atoms with E-state index in [-0.39, 0.29) is 34.8 Å². The summed E-state index contributed by atoms with van der Waals surface area (Å²) in [7, 11) is -2.99. The molecule has 4 rings (SSSR count). The third-order valence-corrected chi connectivity index (χ3v) is 9.73. The van der Waals surface area contributed by atoms with Crippen molar-refractivity contribution in [2.75, 3.05) is 24.5 Å². The number of aryl methyl sites for hydroxylation is 1. The Kier molecular flexibility index (Phi) is 10.6. The number of ether oxygens (including phenoxy) is 1. The molecular formula is C32H38N4O7S. The molecule has 0 saturated heterocycles. The van der Waals surface area contributed by atoms with Gasteiger partial charge in [0.05, 0.1) is 22.6 Å². The van der Waals surface area contributed by atoms with Gasteiger partial charge in [-0.2, -0.15) is 0 Å². The molecule has 0 bridgehead atoms. The Hall–Kier alpha value is -4.45. The number of nitrogens with one attached hydrogen (secondary N) is 1. The topological polar surface area (TPSA) is 139 Å². The van der Waals surface area contributed by atoms with E-state index in [1.807, 2.05) is 30.3 Å². The molecule has 0 spiro atoms. The lowest BCUT2D eigenvalue weighted by molar-refractivity contribution is -0.385. The van der Waals surface area contributed by atoms with E-state index in [0.717, 1.165) is 41.6 Å². The average molecular weight is 623 g/mol. The number of rotatable bonds is 13. The number of benzene rings is 3. The molecule has 1 aliphatic rings. The van der Waals surface area contributed by atoms with Crippen molar-refractivity contribution in [1.29, 1.82) is 0 Å². The van der Waals surface area contributed by atoms with Crippen molar-refractivity contribution in [1.82, 2.24) is 10.2 Å². The van der Waals surface area contributed by atoms with E-state index in [1.165, 1.54) is 43.2 Å². The summed E-state index contributed by atoms with van der Waals surface area (Å²) in [4.78, 5) is 39.4. The minimum atomic E-state index is -4.47. The molecule has 2 amide bonds. The molecule has 11 nitrogen and oxygen atoms in total. The fraction of sp³-hybridized carbons (Fsp3) is 0.375. The van der Waals surface area contributed by atoms with Crippen LogP contribution in [-0.4, -0.2) is 62.3 Å². The molecule has 1 fully saturated rings. The highest BCUT2D eigenvalue weighted by molar-refractivity contribution is 7.92. The summed E-state index contributed by atoms with van der Waals surface area (Å²) in [6, 6.07) is 18.4. The van der Waals surface area contributed by atoms with E-state index in [0.29, 0.717) is 17.7 Å². The highest BCUT2D eigenvalue weighted by Crippen LogP contribution is 2.29. The van der Waals surface area contributed by atoms with Crippen LogP contribution in [0.1, 0.15) is 43.7 Å². The van der Waals surface area contributed by atoms with Crippen molar-refractivity contribution < 1.29 is 27.7 Å². The van der Waals surface area contributed by atoms with E-state index >= 15 is 0 Å². The molecule has 1 saturated carbocycles. The Labute approximate surface area is 258 Å². The quantitative estimate of drug-likeness (QED) is 0.217. The van der Waals surface area contributed by atoms with Gasteiger partial charge in [-0.15, -0.1) is 0 Å². The number of sulfonamides is 1. The van der Waals surface area contributed by atoms with Crippen LogP contribution in [0.5, 0.6) is 5.75 Å². The van der Waals surface area contributed by atoms with Crippen LogP contribution < -0.4 is 14.4 Å². The monoisotopic (exact) mass is 622 g/mol. The maximum atomic E-state index is 14.1. The molecule has 0 aliphatic heterocycles. The van der Waals surface area contributed by atoms with Crippen molar-refractivity contribution >= 4 is 33.2 Å². The van der Waals surface area contributed by atoms with Crippen molar-refractivity contribution in [3.8, 4) is 5.75 Å². The second-order valence-corrected chi connectivity index (χ2v) is 12.8. The first-order valence-electron chi connectivity index (χ1n) is 14.6. The number of nitro groups is 1. The van der Waals surface area contributed by atoms with Gasteiger partial charge in [0.1, 0.15) is 18.3 Å². The molecule has 12 heteroatoms. The van der Waals surface area contributed by atoms with Crippen LogP contribution in [0.3, 0.4) is 0 Å². The van der Waals surface area contributed by atoms with Gasteiger partial charge in [0.15, 0.2) is 0 Å². The minimum absolute atomic E-state index is 0.0459. The molecule has 1 aliphatic carbocycles. The van der Waals surface area contributed by atoms with Crippen LogP contribution in [0.15, 0.2) is 77.7 Å². The van der Waals surface area contributed by atoms with Gasteiger partial charge in [0, 0.05) is 24.2 Å². The number of carbonyl (C=O) groups is 2. The van der Waals surface area contributed by atoms with Crippen molar-refractivity contribution in [3.05, 3.63) is 94.0 Å². The largest absolute Gasteiger partial charge is 0.497 e. The van der Waals surface area contributed by atoms with Crippen molar-refractivity contribution in [2.45, 2.75) is 62.9 Å². The molecule has 44 heavy (non-hydrogen) atoms. The lowest BCUT2D eigenvalue weighted by Gasteiger charge is -2.32. The predicted octanol–water partition coefficient (Wildman–Crippen LogP) is 4.63. The maximum Gasteiger partial charge on any atom is 0.273 e. The standard InChI is InChI=1S/C32H38N4O7S/c1-23-13-18-29(21-30(23)36(39)40)44(41,42)35(27-14-16-28(43-3)17-15-27)22-31(37)34(20-19-25-9-5-4-6-10-25)24(2)32(38)33-26-11-7-8-12-26/h4-6,9-10,13-18,21,24,26H,7-8,11-12,19-20,22H2,1-3H3,(H,33,38)/t24-/m1/s1. The van der Waals surface area contributed by atoms with Gasteiger partial charge in [0.2, 0.25) is 11.8 Å². The van der Waals surface area contributed by atoms with E-state index in [2.05, 4.69) is 5.32 Å². The zero-order valence-electron chi connectivity index (χ0n) is 25.1. The fourth-order valence-electron chi connectivity index (χ4n) is 5.31. The van der Waals surface area contributed by atoms with E-state index in [9.17, 15) is 28.1 Å². The van der Waals surface area contributed by atoms with Crippen LogP contribution in [-0.2, 0) is 26.0 Å². The average Bonchev–Trinajstić information content (AvgIpc) is 3.53. The van der Waals surface area contributed by atoms with Crippen LogP contribution in [0.4, 0.5) is 11.4 Å². The van der Waals surface area contributed by atoms with Crippen LogP contribution >= 0.6 is 0 Å². The normalized spacial score (nSPS) is 14.1. The Bertz CT molecular complexity index is 1570. The van der Waals surface area contributed by atoms with Crippen LogP contribution in [0, 0.1) is 17.0 Å². The van der Waals surface area contributed by atoms with E-state index in [4.69, 9.17) is 4.74 Å². The van der Waals surface area contributed by atoms with Gasteiger partial charge < -0.3 is 15.0 Å². The Morgan fingerprint density at radius 2 is 1.70 bits per heavy atom. The second kappa shape index (κ2) is 14.3. The number of anilines is 1. The fourth-order valence-corrected chi connectivity index (χ4v) is 6.75. The summed E-state index contributed by atoms with van der Waals surface area (Å²) in [5.41, 5.74) is 1.07. The van der Waals surface area contributed by atoms with Gasteiger partial charge in [0.25, 0.3) is 15.7 Å². The first-order chi connectivity index (χ1) is 21.0. The lowest BCUT2D eigenvalue weighted by Crippen LogP contribution is -2.53. The molecule has 0 aromatic heterocycles. The van der Waals surface area contributed by atoms with E-state index in [1.54, 1.807) is 19.1 Å². The second-order valence-electron chi connectivity index (χ2n) is 10.9. The number of methoxy groups -OCH3 is 1. The number of carbonyl (C=O) groups excluding carboxylic acids is 2. The molecule has 234 valence electrons. The van der Waals surface area contributed by atoms with Gasteiger partial charge in [-0.3, -0.25) is 24.0 Å². The number of amides is 2. The third-order valence-electron chi connectivity index (χ3n) is 7.96. The first-order valence-corrected chi connectivity index (χ1v) is 16.0. The van der Waals surface area contributed by atoms with Crippen LogP contribution in [0.2, 0.25) is 0 Å². The predicted molar refractivity (Wildman–Crippen MR) is 167 cm³/mol. The Morgan fingerprint density at radius 1 is 1.05 bits per heavy atom. The molecule has 3 aromatic rings. The number of hydrogen-bond donors (Lipinski definition) is 1. The van der Waals surface area contributed by atoms with Crippen molar-refractivity contribution in [2.24, 2.45) is 0 Å². The summed E-state index contributed by atoms with van der Waals surface area (Å²) in [6.45, 7) is 2.70. The lowest BCUT2D eigenvalue weighted by atomic mass is 10.1. The molecule has 0 radical (unpaired) electrons. The smallest absolute Gasteiger partial charge is 0.273 e. The Balaban J connectivity index is 1.69. The molecule has 3 aromatic carbocycles. The van der Waals surface area contributed by atoms with Crippen molar-refractivity contribution in [3.63, 3.8) is 0 Å². The highest BCUT2D eigenvalue weighted by Gasteiger charge is 2.34. The summed E-state index contributed by atoms with van der Waals surface area (Å²) in [6.07, 6.45) is 4.27. The molecule has 0 heterocycles. The first kappa shape index (κ1) is 32.5. The maximum absolute atomic E-state index is 14.1. The van der Waals surface area contributed by atoms with Gasteiger partial charge in [-0.25, -0.2) is 8.42 Å². The minimum Gasteiger partial charge on any atom is -0.497 e. The summed E-state index contributed by atoms with van der Waals surface area (Å²) in [5, 5.41) is 14.7. The zero-order valence-corrected chi connectivity index (χ0v) is 26.0. The number of hydrogen-bond acceptors (Lipinski definition) is 7. The van der Waals surface area contributed by atoms with Crippen LogP contribution in [0.25, 0.3) is 0 Å². The van der Waals surface area contributed by atoms with Gasteiger partial charge >= 0.3 is 0 Å². The third kappa shape index (κ3) is 7.73. The summed E-state index contributed by atoms with van der Waals surface area (Å²) >= 11 is 0.